The summed E-state index contributed by atoms with van der Waals surface area (Å²) in [6.07, 6.45) is 23.9. The van der Waals surface area contributed by atoms with Gasteiger partial charge in [-0.15, -0.1) is 11.8 Å². The maximum Gasteiger partial charge on any atom is 0.319 e. The summed E-state index contributed by atoms with van der Waals surface area (Å²) in [5, 5.41) is 8.93. The van der Waals surface area contributed by atoms with Gasteiger partial charge in [0.1, 0.15) is 5.25 Å². The van der Waals surface area contributed by atoms with Crippen LogP contribution in [0, 0.1) is 0 Å². The van der Waals surface area contributed by atoms with Crippen LogP contribution in [0.3, 0.4) is 0 Å². The minimum atomic E-state index is -0.136. The van der Waals surface area contributed by atoms with Crippen LogP contribution in [0.25, 0.3) is 0 Å². The molecule has 0 saturated carbocycles. The topological polar surface area (TPSA) is 46.5 Å². The van der Waals surface area contributed by atoms with Crippen LogP contribution in [0.1, 0.15) is 134 Å². The fourth-order valence-corrected chi connectivity index (χ4v) is 5.52. The second-order valence-corrected chi connectivity index (χ2v) is 11.2. The highest BCUT2D eigenvalue weighted by Gasteiger charge is 2.20. The molecule has 0 bridgehead atoms. The lowest BCUT2D eigenvalue weighted by Crippen LogP contribution is -2.21. The highest BCUT2D eigenvalue weighted by atomic mass is 32.2. The van der Waals surface area contributed by atoms with Gasteiger partial charge in [-0.2, -0.15) is 0 Å². The molecule has 0 aliphatic heterocycles. The van der Waals surface area contributed by atoms with E-state index in [2.05, 4.69) is 19.1 Å². The number of rotatable bonds is 25. The standard InChI is InChI=1S/C31H54O3S/c1-2-3-4-5-6-7-8-9-10-11-12-13-14-15-16-22-27-34-31(33)30(25-20-21-26-32)35-28-29-23-18-17-19-24-29/h17-19,23-24,30,32H,2-16,20-22,25-28H2,1H3. The average Bonchev–Trinajstić information content (AvgIpc) is 2.88. The summed E-state index contributed by atoms with van der Waals surface area (Å²) in [5.41, 5.74) is 1.23. The summed E-state index contributed by atoms with van der Waals surface area (Å²) in [7, 11) is 0. The zero-order valence-electron chi connectivity index (χ0n) is 22.7. The lowest BCUT2D eigenvalue weighted by atomic mass is 10.0. The molecule has 0 amide bonds. The first-order chi connectivity index (χ1) is 17.3. The number of thioether (sulfide) groups is 1. The molecule has 1 N–H and O–H groups in total. The van der Waals surface area contributed by atoms with E-state index in [1.807, 2.05) is 18.2 Å². The van der Waals surface area contributed by atoms with Gasteiger partial charge in [-0.3, -0.25) is 4.79 Å². The highest BCUT2D eigenvalue weighted by Crippen LogP contribution is 2.23. The first-order valence-corrected chi connectivity index (χ1v) is 15.8. The first kappa shape index (κ1) is 32.0. The molecule has 1 aromatic rings. The van der Waals surface area contributed by atoms with Crippen LogP contribution in [-0.2, 0) is 15.3 Å². The van der Waals surface area contributed by atoms with E-state index in [-0.39, 0.29) is 17.8 Å². The van der Waals surface area contributed by atoms with Gasteiger partial charge in [0.25, 0.3) is 0 Å². The Morgan fingerprint density at radius 1 is 0.743 bits per heavy atom. The SMILES string of the molecule is CCCCCCCCCCCCCCCCCCOC(=O)C(CCCCO)SCc1ccccc1. The molecule has 0 aromatic heterocycles. The van der Waals surface area contributed by atoms with Crippen molar-refractivity contribution in [1.82, 2.24) is 0 Å². The van der Waals surface area contributed by atoms with Gasteiger partial charge in [0.15, 0.2) is 0 Å². The van der Waals surface area contributed by atoms with Gasteiger partial charge in [0.2, 0.25) is 0 Å². The van der Waals surface area contributed by atoms with Crippen LogP contribution in [0.5, 0.6) is 0 Å². The predicted octanol–water partition coefficient (Wildman–Crippen LogP) is 9.26. The Morgan fingerprint density at radius 3 is 1.77 bits per heavy atom. The third-order valence-corrected chi connectivity index (χ3v) is 8.00. The third-order valence-electron chi connectivity index (χ3n) is 6.67. The van der Waals surface area contributed by atoms with E-state index < -0.39 is 0 Å². The van der Waals surface area contributed by atoms with Gasteiger partial charge in [0, 0.05) is 12.4 Å². The van der Waals surface area contributed by atoms with Crippen molar-refractivity contribution in [1.29, 1.82) is 0 Å². The third kappa shape index (κ3) is 19.8. The summed E-state index contributed by atoms with van der Waals surface area (Å²) < 4.78 is 5.62. The molecule has 1 atom stereocenters. The maximum atomic E-state index is 12.6. The van der Waals surface area contributed by atoms with Crippen molar-refractivity contribution in [3.63, 3.8) is 0 Å². The van der Waals surface area contributed by atoms with Crippen molar-refractivity contribution >= 4 is 17.7 Å². The normalized spacial score (nSPS) is 12.1. The van der Waals surface area contributed by atoms with E-state index in [4.69, 9.17) is 9.84 Å². The quantitative estimate of drug-likeness (QED) is 0.106. The minimum Gasteiger partial charge on any atom is -0.465 e. The van der Waals surface area contributed by atoms with E-state index in [0.717, 1.165) is 37.9 Å². The van der Waals surface area contributed by atoms with Crippen molar-refractivity contribution in [3.8, 4) is 0 Å². The van der Waals surface area contributed by atoms with Gasteiger partial charge in [-0.1, -0.05) is 134 Å². The van der Waals surface area contributed by atoms with Crippen LogP contribution in [0.15, 0.2) is 30.3 Å². The van der Waals surface area contributed by atoms with Crippen LogP contribution in [0.4, 0.5) is 0 Å². The number of unbranched alkanes of at least 4 members (excludes halogenated alkanes) is 16. The Balaban J connectivity index is 1.98. The summed E-state index contributed by atoms with van der Waals surface area (Å²) >= 11 is 1.67. The lowest BCUT2D eigenvalue weighted by Gasteiger charge is -2.16. The van der Waals surface area contributed by atoms with Gasteiger partial charge in [-0.05, 0) is 31.2 Å². The summed E-state index contributed by atoms with van der Waals surface area (Å²) in [6, 6.07) is 10.3. The molecule has 0 spiro atoms. The van der Waals surface area contributed by atoms with Gasteiger partial charge in [-0.25, -0.2) is 0 Å². The lowest BCUT2D eigenvalue weighted by molar-refractivity contribution is -0.143. The molecule has 35 heavy (non-hydrogen) atoms. The molecule has 0 radical (unpaired) electrons. The average molecular weight is 507 g/mol. The van der Waals surface area contributed by atoms with E-state index in [1.54, 1.807) is 11.8 Å². The molecule has 1 aromatic carbocycles. The van der Waals surface area contributed by atoms with Gasteiger partial charge < -0.3 is 9.84 Å². The Kier molecular flexibility index (Phi) is 22.6. The second-order valence-electron chi connectivity index (χ2n) is 9.98. The monoisotopic (exact) mass is 506 g/mol. The highest BCUT2D eigenvalue weighted by molar-refractivity contribution is 7.99. The van der Waals surface area contributed by atoms with E-state index in [1.165, 1.54) is 95.5 Å². The van der Waals surface area contributed by atoms with E-state index >= 15 is 0 Å². The summed E-state index contributed by atoms with van der Waals surface area (Å²) in [4.78, 5) is 12.6. The molecule has 1 rings (SSSR count). The molecule has 0 aliphatic rings. The molecule has 202 valence electrons. The number of esters is 1. The second kappa shape index (κ2) is 24.7. The largest absolute Gasteiger partial charge is 0.465 e. The number of aliphatic hydroxyl groups is 1. The molecular weight excluding hydrogens is 452 g/mol. The van der Waals surface area contributed by atoms with Crippen molar-refractivity contribution in [2.75, 3.05) is 13.2 Å². The molecular formula is C31H54O3S. The Bertz CT molecular complexity index is 578. The number of ether oxygens (including phenoxy) is 1. The van der Waals surface area contributed by atoms with Gasteiger partial charge in [0.05, 0.1) is 6.61 Å². The van der Waals surface area contributed by atoms with E-state index in [9.17, 15) is 4.79 Å². The number of hydrogen-bond donors (Lipinski definition) is 1. The van der Waals surface area contributed by atoms with Crippen LogP contribution < -0.4 is 0 Å². The summed E-state index contributed by atoms with van der Waals surface area (Å²) in [5.74, 6) is 0.739. The van der Waals surface area contributed by atoms with Crippen molar-refractivity contribution < 1.29 is 14.6 Å². The maximum absolute atomic E-state index is 12.6. The molecule has 0 saturated heterocycles. The smallest absolute Gasteiger partial charge is 0.319 e. The zero-order valence-corrected chi connectivity index (χ0v) is 23.5. The first-order valence-electron chi connectivity index (χ1n) is 14.7. The Labute approximate surface area is 221 Å². The van der Waals surface area contributed by atoms with Crippen LogP contribution >= 0.6 is 11.8 Å². The summed E-state index contributed by atoms with van der Waals surface area (Å²) in [6.45, 7) is 3.01. The van der Waals surface area contributed by atoms with E-state index in [0.29, 0.717) is 6.61 Å². The fourth-order valence-electron chi connectivity index (χ4n) is 4.40. The molecule has 4 heteroatoms. The van der Waals surface area contributed by atoms with Gasteiger partial charge >= 0.3 is 5.97 Å². The Morgan fingerprint density at radius 2 is 1.26 bits per heavy atom. The van der Waals surface area contributed by atoms with Crippen LogP contribution in [0.2, 0.25) is 0 Å². The molecule has 0 aliphatic carbocycles. The number of carbonyl (C=O) groups is 1. The minimum absolute atomic E-state index is 0.0789. The van der Waals surface area contributed by atoms with Crippen LogP contribution in [-0.4, -0.2) is 29.5 Å². The zero-order chi connectivity index (χ0) is 25.2. The number of hydrogen-bond acceptors (Lipinski definition) is 4. The number of aliphatic hydroxyl groups excluding tert-OH is 1. The Hall–Kier alpha value is -1.00. The number of benzene rings is 1. The van der Waals surface area contributed by atoms with Crippen molar-refractivity contribution in [3.05, 3.63) is 35.9 Å². The molecule has 0 fully saturated rings. The fraction of sp³-hybridized carbons (Fsp3) is 0.774. The molecule has 0 heterocycles. The molecule has 1 unspecified atom stereocenters. The molecule has 3 nitrogen and oxygen atoms in total. The van der Waals surface area contributed by atoms with Crippen molar-refractivity contribution in [2.45, 2.75) is 140 Å². The van der Waals surface area contributed by atoms with Crippen molar-refractivity contribution in [2.24, 2.45) is 0 Å². The number of carbonyl (C=O) groups excluding carboxylic acids is 1. The predicted molar refractivity (Wildman–Crippen MR) is 153 cm³/mol.